The van der Waals surface area contributed by atoms with Gasteiger partial charge in [-0.3, -0.25) is 0 Å². The smallest absolute Gasteiger partial charge is 0.335 e. The lowest BCUT2D eigenvalue weighted by molar-refractivity contribution is 0.0697. The predicted octanol–water partition coefficient (Wildman–Crippen LogP) is 4.08. The van der Waals surface area contributed by atoms with Crippen molar-refractivity contribution >= 4 is 17.3 Å². The van der Waals surface area contributed by atoms with Gasteiger partial charge in [-0.05, 0) is 61.7 Å². The van der Waals surface area contributed by atoms with E-state index in [0.717, 1.165) is 11.4 Å². The molecular weight excluding hydrogens is 250 g/mol. The zero-order valence-corrected chi connectivity index (χ0v) is 12.3. The first-order chi connectivity index (χ1) is 9.40. The number of carboxylic acid groups (broad SMARTS) is 1. The molecule has 0 aromatic heterocycles. The van der Waals surface area contributed by atoms with Crippen molar-refractivity contribution in [1.82, 2.24) is 0 Å². The predicted molar refractivity (Wildman–Crippen MR) is 82.1 cm³/mol. The maximum Gasteiger partial charge on any atom is 0.335 e. The van der Waals surface area contributed by atoms with Crippen LogP contribution in [0.2, 0.25) is 0 Å². The molecule has 3 nitrogen and oxygen atoms in total. The van der Waals surface area contributed by atoms with Gasteiger partial charge >= 0.3 is 5.97 Å². The fourth-order valence-corrected chi connectivity index (χ4v) is 2.29. The molecule has 1 N–H and O–H groups in total. The Morgan fingerprint density at radius 2 is 1.65 bits per heavy atom. The minimum atomic E-state index is -0.906. The van der Waals surface area contributed by atoms with Crippen LogP contribution in [-0.4, -0.2) is 18.1 Å². The number of aryl methyl sites for hydroxylation is 3. The third kappa shape index (κ3) is 2.67. The molecule has 0 unspecified atom stereocenters. The topological polar surface area (TPSA) is 40.5 Å². The number of nitrogens with zero attached hydrogens (tertiary/aromatic N) is 1. The van der Waals surface area contributed by atoms with Crippen molar-refractivity contribution in [1.29, 1.82) is 0 Å². The minimum Gasteiger partial charge on any atom is -0.478 e. The number of carbonyl (C=O) groups is 1. The van der Waals surface area contributed by atoms with E-state index in [1.165, 1.54) is 16.7 Å². The van der Waals surface area contributed by atoms with Crippen molar-refractivity contribution in [3.8, 4) is 0 Å². The van der Waals surface area contributed by atoms with Crippen LogP contribution in [0, 0.1) is 20.8 Å². The lowest BCUT2D eigenvalue weighted by atomic mass is 10.0. The number of carboxylic acids is 1. The molecule has 0 heterocycles. The van der Waals surface area contributed by atoms with Gasteiger partial charge in [0, 0.05) is 18.4 Å². The lowest BCUT2D eigenvalue weighted by Crippen LogP contribution is -2.12. The van der Waals surface area contributed by atoms with Crippen molar-refractivity contribution < 1.29 is 9.90 Å². The molecular formula is C17H19NO2. The summed E-state index contributed by atoms with van der Waals surface area (Å²) in [5.74, 6) is -0.906. The van der Waals surface area contributed by atoms with Gasteiger partial charge in [0.25, 0.3) is 0 Å². The van der Waals surface area contributed by atoms with Crippen LogP contribution in [0.25, 0.3) is 0 Å². The van der Waals surface area contributed by atoms with E-state index < -0.39 is 5.97 Å². The van der Waals surface area contributed by atoms with Gasteiger partial charge in [0.2, 0.25) is 0 Å². The summed E-state index contributed by atoms with van der Waals surface area (Å²) < 4.78 is 0. The van der Waals surface area contributed by atoms with Crippen molar-refractivity contribution in [3.05, 3.63) is 58.7 Å². The third-order valence-corrected chi connectivity index (χ3v) is 3.65. The molecule has 104 valence electrons. The molecule has 20 heavy (non-hydrogen) atoms. The molecule has 0 aliphatic rings. The second kappa shape index (κ2) is 5.37. The molecule has 0 spiro atoms. The van der Waals surface area contributed by atoms with Gasteiger partial charge in [0.05, 0.1) is 5.56 Å². The van der Waals surface area contributed by atoms with Crippen LogP contribution in [-0.2, 0) is 0 Å². The molecule has 0 saturated carbocycles. The van der Waals surface area contributed by atoms with Crippen LogP contribution in [0.3, 0.4) is 0 Å². The van der Waals surface area contributed by atoms with E-state index >= 15 is 0 Å². The molecule has 0 amide bonds. The standard InChI is InChI=1S/C17H19NO2/c1-11-8-13(3)16(9-12(11)2)18(4)15-7-5-6-14(10-15)17(19)20/h5-10H,1-4H3,(H,19,20). The molecule has 2 aromatic rings. The first kappa shape index (κ1) is 14.1. The van der Waals surface area contributed by atoms with Crippen LogP contribution in [0.5, 0.6) is 0 Å². The summed E-state index contributed by atoms with van der Waals surface area (Å²) in [7, 11) is 1.96. The maximum atomic E-state index is 11.1. The monoisotopic (exact) mass is 269 g/mol. The Hall–Kier alpha value is -2.29. The first-order valence-electron chi connectivity index (χ1n) is 6.55. The van der Waals surface area contributed by atoms with Crippen LogP contribution in [0.4, 0.5) is 11.4 Å². The summed E-state index contributed by atoms with van der Waals surface area (Å²) in [6.07, 6.45) is 0. The second-order valence-electron chi connectivity index (χ2n) is 5.14. The Bertz CT molecular complexity index is 662. The molecule has 0 aliphatic heterocycles. The van der Waals surface area contributed by atoms with Gasteiger partial charge in [-0.15, -0.1) is 0 Å². The minimum absolute atomic E-state index is 0.302. The molecule has 0 radical (unpaired) electrons. The zero-order chi connectivity index (χ0) is 14.9. The largest absolute Gasteiger partial charge is 0.478 e. The summed E-state index contributed by atoms with van der Waals surface area (Å²) in [5.41, 5.74) is 5.94. The van der Waals surface area contributed by atoms with Crippen molar-refractivity contribution in [2.75, 3.05) is 11.9 Å². The second-order valence-corrected chi connectivity index (χ2v) is 5.14. The number of rotatable bonds is 3. The number of aromatic carboxylic acids is 1. The van der Waals surface area contributed by atoms with Gasteiger partial charge in [-0.2, -0.15) is 0 Å². The van der Waals surface area contributed by atoms with Gasteiger partial charge in [-0.1, -0.05) is 12.1 Å². The molecule has 0 fully saturated rings. The average molecular weight is 269 g/mol. The fraction of sp³-hybridized carbons (Fsp3) is 0.235. The third-order valence-electron chi connectivity index (χ3n) is 3.65. The summed E-state index contributed by atoms with van der Waals surface area (Å²) in [6.45, 7) is 6.25. The van der Waals surface area contributed by atoms with Crippen molar-refractivity contribution in [3.63, 3.8) is 0 Å². The van der Waals surface area contributed by atoms with Crippen molar-refractivity contribution in [2.45, 2.75) is 20.8 Å². The summed E-state index contributed by atoms with van der Waals surface area (Å²) in [4.78, 5) is 13.1. The van der Waals surface area contributed by atoms with E-state index in [2.05, 4.69) is 32.9 Å². The molecule has 2 rings (SSSR count). The Balaban J connectivity index is 2.46. The fourth-order valence-electron chi connectivity index (χ4n) is 2.29. The van der Waals surface area contributed by atoms with E-state index in [1.54, 1.807) is 18.2 Å². The molecule has 0 atom stereocenters. The summed E-state index contributed by atoms with van der Waals surface area (Å²) in [5, 5.41) is 9.08. The Labute approximate surface area is 119 Å². The van der Waals surface area contributed by atoms with E-state index in [1.807, 2.05) is 18.0 Å². The highest BCUT2D eigenvalue weighted by Crippen LogP contribution is 2.29. The van der Waals surface area contributed by atoms with Gasteiger partial charge in [0.15, 0.2) is 0 Å². The highest BCUT2D eigenvalue weighted by atomic mass is 16.4. The number of hydrogen-bond donors (Lipinski definition) is 1. The Morgan fingerprint density at radius 3 is 2.30 bits per heavy atom. The molecule has 3 heteroatoms. The SMILES string of the molecule is Cc1cc(C)c(N(C)c2cccc(C(=O)O)c2)cc1C. The van der Waals surface area contributed by atoms with Gasteiger partial charge in [0.1, 0.15) is 0 Å². The van der Waals surface area contributed by atoms with Crippen molar-refractivity contribution in [2.24, 2.45) is 0 Å². The Kier molecular flexibility index (Phi) is 3.79. The van der Waals surface area contributed by atoms with E-state index in [0.29, 0.717) is 5.56 Å². The van der Waals surface area contributed by atoms with E-state index in [9.17, 15) is 4.79 Å². The van der Waals surface area contributed by atoms with Crippen LogP contribution >= 0.6 is 0 Å². The van der Waals surface area contributed by atoms with Gasteiger partial charge in [-0.25, -0.2) is 4.79 Å². The Morgan fingerprint density at radius 1 is 1.00 bits per heavy atom. The highest BCUT2D eigenvalue weighted by Gasteiger charge is 2.11. The summed E-state index contributed by atoms with van der Waals surface area (Å²) >= 11 is 0. The van der Waals surface area contributed by atoms with Crippen LogP contribution < -0.4 is 4.90 Å². The number of anilines is 2. The van der Waals surface area contributed by atoms with Gasteiger partial charge < -0.3 is 10.0 Å². The maximum absolute atomic E-state index is 11.1. The molecule has 2 aromatic carbocycles. The molecule has 0 aliphatic carbocycles. The highest BCUT2D eigenvalue weighted by molar-refractivity contribution is 5.89. The van der Waals surface area contributed by atoms with Crippen LogP contribution in [0.1, 0.15) is 27.0 Å². The summed E-state index contributed by atoms with van der Waals surface area (Å²) in [6, 6.07) is 11.3. The molecule has 0 saturated heterocycles. The number of benzene rings is 2. The number of hydrogen-bond acceptors (Lipinski definition) is 2. The zero-order valence-electron chi connectivity index (χ0n) is 12.3. The normalized spacial score (nSPS) is 10.4. The average Bonchev–Trinajstić information content (AvgIpc) is 2.42. The molecule has 0 bridgehead atoms. The van der Waals surface area contributed by atoms with Crippen LogP contribution in [0.15, 0.2) is 36.4 Å². The lowest BCUT2D eigenvalue weighted by Gasteiger charge is -2.23. The quantitative estimate of drug-likeness (QED) is 0.912. The van der Waals surface area contributed by atoms with E-state index in [-0.39, 0.29) is 0 Å². The first-order valence-corrected chi connectivity index (χ1v) is 6.55. The van der Waals surface area contributed by atoms with E-state index in [4.69, 9.17) is 5.11 Å².